The molecule has 0 saturated carbocycles. The molecule has 1 aliphatic heterocycles. The first-order valence-electron chi connectivity index (χ1n) is 7.41. The first kappa shape index (κ1) is 16.4. The highest BCUT2D eigenvalue weighted by molar-refractivity contribution is 7.41. The molecule has 1 heterocycles. The van der Waals surface area contributed by atoms with Crippen LogP contribution in [0.2, 0.25) is 0 Å². The van der Waals surface area contributed by atoms with Gasteiger partial charge in [0.1, 0.15) is 0 Å². The van der Waals surface area contributed by atoms with E-state index in [0.717, 1.165) is 32.0 Å². The van der Waals surface area contributed by atoms with E-state index in [9.17, 15) is 0 Å². The summed E-state index contributed by atoms with van der Waals surface area (Å²) in [7, 11) is -1.05. The molecule has 1 fully saturated rings. The van der Waals surface area contributed by atoms with Crippen molar-refractivity contribution in [1.29, 1.82) is 0 Å². The van der Waals surface area contributed by atoms with Crippen molar-refractivity contribution >= 4 is 8.60 Å². The van der Waals surface area contributed by atoms with Crippen LogP contribution < -0.4 is 0 Å². The van der Waals surface area contributed by atoms with E-state index < -0.39 is 8.60 Å². The van der Waals surface area contributed by atoms with E-state index in [4.69, 9.17) is 13.6 Å². The zero-order chi connectivity index (χ0) is 13.2. The van der Waals surface area contributed by atoms with Crippen molar-refractivity contribution in [3.8, 4) is 0 Å². The van der Waals surface area contributed by atoms with Crippen molar-refractivity contribution in [2.45, 2.75) is 71.8 Å². The average Bonchev–Trinajstić information content (AvgIpc) is 2.32. The van der Waals surface area contributed by atoms with E-state index in [2.05, 4.69) is 20.8 Å². The van der Waals surface area contributed by atoms with Crippen LogP contribution in [0, 0.1) is 5.92 Å². The number of hydrogen-bond acceptors (Lipinski definition) is 3. The van der Waals surface area contributed by atoms with E-state index in [1.54, 1.807) is 0 Å². The second-order valence-corrected chi connectivity index (χ2v) is 6.72. The summed E-state index contributed by atoms with van der Waals surface area (Å²) in [6, 6.07) is 0. The van der Waals surface area contributed by atoms with Gasteiger partial charge in [0.25, 0.3) is 0 Å². The minimum atomic E-state index is -1.05. The number of unbranched alkanes of at least 4 members (excludes halogenated alkanes) is 4. The molecule has 108 valence electrons. The van der Waals surface area contributed by atoms with Crippen LogP contribution >= 0.6 is 8.60 Å². The molecule has 1 aliphatic rings. The Bertz CT molecular complexity index is 199. The van der Waals surface area contributed by atoms with Gasteiger partial charge in [0.05, 0.1) is 19.3 Å². The van der Waals surface area contributed by atoms with Gasteiger partial charge in [0.15, 0.2) is 0 Å². The maximum Gasteiger partial charge on any atom is 0.332 e. The zero-order valence-corrected chi connectivity index (χ0v) is 13.1. The fourth-order valence-electron chi connectivity index (χ4n) is 1.92. The fraction of sp³-hybridized carbons (Fsp3) is 1.00. The first-order valence-corrected chi connectivity index (χ1v) is 8.50. The van der Waals surface area contributed by atoms with E-state index in [1.165, 1.54) is 32.1 Å². The summed E-state index contributed by atoms with van der Waals surface area (Å²) < 4.78 is 16.6. The molecule has 0 bridgehead atoms. The van der Waals surface area contributed by atoms with Crippen LogP contribution in [0.25, 0.3) is 0 Å². The van der Waals surface area contributed by atoms with Gasteiger partial charge in [0, 0.05) is 0 Å². The zero-order valence-electron chi connectivity index (χ0n) is 12.2. The largest absolute Gasteiger partial charge is 0.332 e. The Hall–Kier alpha value is 0.310. The van der Waals surface area contributed by atoms with Crippen molar-refractivity contribution in [3.63, 3.8) is 0 Å². The Morgan fingerprint density at radius 1 is 1.17 bits per heavy atom. The second-order valence-electron chi connectivity index (χ2n) is 5.55. The molecule has 18 heavy (non-hydrogen) atoms. The third kappa shape index (κ3) is 8.42. The van der Waals surface area contributed by atoms with Gasteiger partial charge in [-0.1, -0.05) is 46.0 Å². The standard InChI is InChI=1S/C14H29O3P/c1-13(2)9-7-5-4-6-8-11-15-18-16-12-10-14(3)17-18/h13-14H,4-12H2,1-3H3. The molecule has 2 unspecified atom stereocenters. The van der Waals surface area contributed by atoms with Crippen LogP contribution in [0.1, 0.15) is 65.7 Å². The maximum atomic E-state index is 5.62. The molecule has 0 aliphatic carbocycles. The van der Waals surface area contributed by atoms with Gasteiger partial charge in [0.2, 0.25) is 0 Å². The molecule has 4 heteroatoms. The maximum absolute atomic E-state index is 5.62. The van der Waals surface area contributed by atoms with Gasteiger partial charge in [-0.05, 0) is 25.7 Å². The highest BCUT2D eigenvalue weighted by atomic mass is 31.2. The third-order valence-corrected chi connectivity index (χ3v) is 4.43. The van der Waals surface area contributed by atoms with Gasteiger partial charge in [-0.3, -0.25) is 0 Å². The topological polar surface area (TPSA) is 27.7 Å². The Balaban J connectivity index is 1.83. The summed E-state index contributed by atoms with van der Waals surface area (Å²) in [6.07, 6.45) is 9.08. The van der Waals surface area contributed by atoms with E-state index in [-0.39, 0.29) is 0 Å². The molecule has 0 N–H and O–H groups in total. The monoisotopic (exact) mass is 276 g/mol. The molecule has 0 spiro atoms. The molecule has 1 saturated heterocycles. The summed E-state index contributed by atoms with van der Waals surface area (Å²) in [5.74, 6) is 0.846. The van der Waals surface area contributed by atoms with Crippen molar-refractivity contribution in [2.75, 3.05) is 13.2 Å². The first-order chi connectivity index (χ1) is 8.68. The molecule has 0 aromatic rings. The number of rotatable bonds is 9. The molecule has 1 rings (SSSR count). The predicted octanol–water partition coefficient (Wildman–Crippen LogP) is 5.05. The molecular formula is C14H29O3P. The van der Waals surface area contributed by atoms with Gasteiger partial charge >= 0.3 is 8.60 Å². The van der Waals surface area contributed by atoms with Crippen LogP contribution in [0.3, 0.4) is 0 Å². The minimum absolute atomic E-state index is 0.292. The minimum Gasteiger partial charge on any atom is -0.312 e. The van der Waals surface area contributed by atoms with E-state index in [1.807, 2.05) is 0 Å². The Kier molecular flexibility index (Phi) is 9.22. The lowest BCUT2D eigenvalue weighted by Crippen LogP contribution is -2.15. The van der Waals surface area contributed by atoms with Crippen LogP contribution in [0.15, 0.2) is 0 Å². The normalized spacial score (nSPS) is 24.7. The van der Waals surface area contributed by atoms with Gasteiger partial charge < -0.3 is 13.6 Å². The predicted molar refractivity (Wildman–Crippen MR) is 76.5 cm³/mol. The Morgan fingerprint density at radius 2 is 1.89 bits per heavy atom. The quantitative estimate of drug-likeness (QED) is 0.435. The summed E-state index contributed by atoms with van der Waals surface area (Å²) in [5, 5.41) is 0. The van der Waals surface area contributed by atoms with E-state index >= 15 is 0 Å². The highest BCUT2D eigenvalue weighted by Gasteiger charge is 2.21. The van der Waals surface area contributed by atoms with Crippen LogP contribution in [0.5, 0.6) is 0 Å². The van der Waals surface area contributed by atoms with Crippen LogP contribution in [0.4, 0.5) is 0 Å². The SMILES string of the molecule is CC(C)CCCCCCCOP1OCCC(C)O1. The van der Waals surface area contributed by atoms with Crippen LogP contribution in [-0.4, -0.2) is 19.3 Å². The van der Waals surface area contributed by atoms with Gasteiger partial charge in [-0.15, -0.1) is 0 Å². The Morgan fingerprint density at radius 3 is 2.61 bits per heavy atom. The highest BCUT2D eigenvalue weighted by Crippen LogP contribution is 2.44. The van der Waals surface area contributed by atoms with Crippen LogP contribution in [-0.2, 0) is 13.6 Å². The lowest BCUT2D eigenvalue weighted by molar-refractivity contribution is 0.0704. The van der Waals surface area contributed by atoms with Crippen molar-refractivity contribution in [2.24, 2.45) is 5.92 Å². The third-order valence-electron chi connectivity index (χ3n) is 3.11. The molecule has 0 aromatic carbocycles. The average molecular weight is 276 g/mol. The summed E-state index contributed by atoms with van der Waals surface area (Å²) >= 11 is 0. The summed E-state index contributed by atoms with van der Waals surface area (Å²) in [5.41, 5.74) is 0. The van der Waals surface area contributed by atoms with Crippen molar-refractivity contribution in [1.82, 2.24) is 0 Å². The van der Waals surface area contributed by atoms with Gasteiger partial charge in [-0.2, -0.15) is 0 Å². The molecular weight excluding hydrogens is 247 g/mol. The molecule has 3 nitrogen and oxygen atoms in total. The van der Waals surface area contributed by atoms with Crippen molar-refractivity contribution < 1.29 is 13.6 Å². The van der Waals surface area contributed by atoms with E-state index in [0.29, 0.717) is 6.10 Å². The second kappa shape index (κ2) is 10.1. The molecule has 2 atom stereocenters. The Labute approximate surface area is 114 Å². The summed E-state index contributed by atoms with van der Waals surface area (Å²) in [6.45, 7) is 8.23. The molecule has 0 aromatic heterocycles. The molecule has 0 amide bonds. The van der Waals surface area contributed by atoms with Gasteiger partial charge in [-0.25, -0.2) is 0 Å². The number of hydrogen-bond donors (Lipinski definition) is 0. The molecule has 0 radical (unpaired) electrons. The summed E-state index contributed by atoms with van der Waals surface area (Å²) in [4.78, 5) is 0. The lowest BCUT2D eigenvalue weighted by Gasteiger charge is -2.25. The fourth-order valence-corrected chi connectivity index (χ4v) is 3.04. The lowest BCUT2D eigenvalue weighted by atomic mass is 10.0. The van der Waals surface area contributed by atoms with Crippen molar-refractivity contribution in [3.05, 3.63) is 0 Å². The smallest absolute Gasteiger partial charge is 0.312 e.